The number of nitrogens with one attached hydrogen (secondary N) is 2. The Hall–Kier alpha value is -2.58. The van der Waals surface area contributed by atoms with Crippen LogP contribution in [0.25, 0.3) is 0 Å². The highest BCUT2D eigenvalue weighted by Gasteiger charge is 2.30. The lowest BCUT2D eigenvalue weighted by Gasteiger charge is -2.14. The molecule has 1 aliphatic heterocycles. The number of carbonyl (C=O) groups is 1. The molecule has 0 aliphatic carbocycles. The molecule has 0 bridgehead atoms. The standard InChI is InChI=1S/C10H13F2N3O3.C6H6.C2H6/c1-8(16)15-9-13-4-2-6-17-10(11,12)18-7-3-5-14-9;1-2-4-6-5-3-1;1-2/h2-5H,6-7H2,1H3,(H2,13,14,15,16);1-6H;1-2H3/b4-2+,5-3+;;. The summed E-state index contributed by atoms with van der Waals surface area (Å²) in [6.45, 7) is 4.60. The van der Waals surface area contributed by atoms with Gasteiger partial charge in [0.15, 0.2) is 0 Å². The number of amides is 1. The number of benzene rings is 1. The lowest BCUT2D eigenvalue weighted by atomic mass is 10.4. The van der Waals surface area contributed by atoms with E-state index in [9.17, 15) is 13.6 Å². The number of rotatable bonds is 0. The zero-order valence-corrected chi connectivity index (χ0v) is 15.1. The second-order valence-electron chi connectivity index (χ2n) is 4.33. The quantitative estimate of drug-likeness (QED) is 0.735. The van der Waals surface area contributed by atoms with Gasteiger partial charge < -0.3 is 5.32 Å². The van der Waals surface area contributed by atoms with E-state index in [1.54, 1.807) is 0 Å². The third-order valence-corrected chi connectivity index (χ3v) is 2.30. The van der Waals surface area contributed by atoms with Crippen LogP contribution in [0.1, 0.15) is 20.8 Å². The lowest BCUT2D eigenvalue weighted by Crippen LogP contribution is -2.37. The van der Waals surface area contributed by atoms with Gasteiger partial charge in [0.2, 0.25) is 11.9 Å². The zero-order valence-electron chi connectivity index (χ0n) is 15.1. The normalized spacial score (nSPS) is 18.4. The Morgan fingerprint density at radius 1 is 1.08 bits per heavy atom. The molecule has 0 aromatic heterocycles. The summed E-state index contributed by atoms with van der Waals surface area (Å²) in [5.74, 6) is -0.142. The molecule has 0 fully saturated rings. The maximum Gasteiger partial charge on any atom is 0.486 e. The van der Waals surface area contributed by atoms with Gasteiger partial charge in [-0.2, -0.15) is 0 Å². The Morgan fingerprint density at radius 2 is 1.58 bits per heavy atom. The molecule has 0 radical (unpaired) electrons. The van der Waals surface area contributed by atoms with E-state index >= 15 is 0 Å². The van der Waals surface area contributed by atoms with Gasteiger partial charge in [0.05, 0.1) is 13.2 Å². The third kappa shape index (κ3) is 13.8. The van der Waals surface area contributed by atoms with Crippen molar-refractivity contribution in [3.05, 3.63) is 61.0 Å². The number of alkyl halides is 2. The Balaban J connectivity index is 0.000000648. The molecule has 1 heterocycles. The van der Waals surface area contributed by atoms with E-state index in [-0.39, 0.29) is 25.1 Å². The molecule has 2 rings (SSSR count). The van der Waals surface area contributed by atoms with E-state index < -0.39 is 6.29 Å². The molecule has 2 N–H and O–H groups in total. The lowest BCUT2D eigenvalue weighted by molar-refractivity contribution is -0.385. The number of hydrogen-bond acceptors (Lipinski definition) is 5. The summed E-state index contributed by atoms with van der Waals surface area (Å²) in [4.78, 5) is 14.7. The van der Waals surface area contributed by atoms with Gasteiger partial charge in [-0.15, -0.1) is 8.78 Å². The van der Waals surface area contributed by atoms with Crippen molar-refractivity contribution in [1.82, 2.24) is 10.6 Å². The van der Waals surface area contributed by atoms with Crippen molar-refractivity contribution in [3.63, 3.8) is 0 Å². The number of aliphatic imine (C=N–C) groups is 1. The van der Waals surface area contributed by atoms with Crippen molar-refractivity contribution in [2.45, 2.75) is 27.1 Å². The summed E-state index contributed by atoms with van der Waals surface area (Å²) < 4.78 is 34.0. The molecule has 0 spiro atoms. The monoisotopic (exact) mass is 369 g/mol. The van der Waals surface area contributed by atoms with Crippen LogP contribution in [0, 0.1) is 0 Å². The van der Waals surface area contributed by atoms with Crippen LogP contribution in [0.2, 0.25) is 0 Å². The second kappa shape index (κ2) is 14.7. The second-order valence-corrected chi connectivity index (χ2v) is 4.33. The van der Waals surface area contributed by atoms with Crippen molar-refractivity contribution in [3.8, 4) is 0 Å². The predicted octanol–water partition coefficient (Wildman–Crippen LogP) is 3.41. The summed E-state index contributed by atoms with van der Waals surface area (Å²) in [5.41, 5.74) is 0. The fourth-order valence-corrected chi connectivity index (χ4v) is 1.35. The van der Waals surface area contributed by atoms with E-state index in [0.717, 1.165) is 0 Å². The van der Waals surface area contributed by atoms with E-state index in [1.807, 2.05) is 50.2 Å². The Kier molecular flexibility index (Phi) is 13.3. The molecule has 144 valence electrons. The minimum atomic E-state index is -3.64. The third-order valence-electron chi connectivity index (χ3n) is 2.30. The van der Waals surface area contributed by atoms with Gasteiger partial charge in [0, 0.05) is 19.3 Å². The van der Waals surface area contributed by atoms with Crippen molar-refractivity contribution >= 4 is 11.9 Å². The average Bonchev–Trinajstić information content (AvgIpc) is 2.63. The smallest absolute Gasteiger partial charge is 0.333 e. The maximum absolute atomic E-state index is 12.8. The molecule has 26 heavy (non-hydrogen) atoms. The Morgan fingerprint density at radius 3 is 2.08 bits per heavy atom. The Bertz CT molecular complexity index is 550. The molecule has 6 nitrogen and oxygen atoms in total. The highest BCUT2D eigenvalue weighted by molar-refractivity contribution is 5.96. The first kappa shape index (κ1) is 23.4. The summed E-state index contributed by atoms with van der Waals surface area (Å²) in [5, 5.41) is 5.03. The van der Waals surface area contributed by atoms with Crippen LogP contribution in [-0.4, -0.2) is 31.4 Å². The van der Waals surface area contributed by atoms with Crippen molar-refractivity contribution < 1.29 is 23.0 Å². The molecule has 1 aromatic rings. The van der Waals surface area contributed by atoms with Gasteiger partial charge in [-0.3, -0.25) is 19.6 Å². The molecule has 0 atom stereocenters. The van der Waals surface area contributed by atoms with Crippen LogP contribution in [0.15, 0.2) is 65.9 Å². The molecular weight excluding hydrogens is 344 g/mol. The predicted molar refractivity (Wildman–Crippen MR) is 97.3 cm³/mol. The van der Waals surface area contributed by atoms with E-state index in [4.69, 9.17) is 0 Å². The van der Waals surface area contributed by atoms with Crippen LogP contribution in [-0.2, 0) is 14.3 Å². The fraction of sp³-hybridized carbons (Fsp3) is 0.333. The first-order valence-corrected chi connectivity index (χ1v) is 8.07. The number of nitrogens with zero attached hydrogens (tertiary/aromatic N) is 1. The molecule has 1 aliphatic rings. The van der Waals surface area contributed by atoms with Gasteiger partial charge in [-0.05, 0) is 12.2 Å². The first-order chi connectivity index (χ1) is 12.5. The van der Waals surface area contributed by atoms with Crippen LogP contribution in [0.3, 0.4) is 0 Å². The summed E-state index contributed by atoms with van der Waals surface area (Å²) in [6, 6.07) is 12.0. The molecule has 1 aromatic carbocycles. The molecule has 0 unspecified atom stereocenters. The molecule has 1 amide bonds. The van der Waals surface area contributed by atoms with E-state index in [2.05, 4.69) is 25.1 Å². The van der Waals surface area contributed by atoms with E-state index in [1.165, 1.54) is 31.5 Å². The van der Waals surface area contributed by atoms with Gasteiger partial charge in [0.1, 0.15) is 0 Å². The largest absolute Gasteiger partial charge is 0.486 e. The van der Waals surface area contributed by atoms with Crippen molar-refractivity contribution in [2.24, 2.45) is 4.99 Å². The summed E-state index contributed by atoms with van der Waals surface area (Å²) in [7, 11) is 0. The van der Waals surface area contributed by atoms with Gasteiger partial charge in [-0.1, -0.05) is 50.2 Å². The van der Waals surface area contributed by atoms with Crippen molar-refractivity contribution in [1.29, 1.82) is 0 Å². The number of guanidine groups is 1. The minimum absolute atomic E-state index is 0.169. The van der Waals surface area contributed by atoms with Crippen LogP contribution in [0.5, 0.6) is 0 Å². The van der Waals surface area contributed by atoms with E-state index in [0.29, 0.717) is 0 Å². The SMILES string of the molecule is CC.CC(=O)NC1=N/C=C/COC(F)(F)OC/C=C/N1.c1ccccc1. The Labute approximate surface area is 152 Å². The average molecular weight is 369 g/mol. The number of carbonyl (C=O) groups excluding carboxylic acids is 1. The maximum atomic E-state index is 12.8. The van der Waals surface area contributed by atoms with Gasteiger partial charge in [-0.25, -0.2) is 4.99 Å². The highest BCUT2D eigenvalue weighted by Crippen LogP contribution is 2.16. The fourth-order valence-electron chi connectivity index (χ4n) is 1.35. The van der Waals surface area contributed by atoms with Crippen molar-refractivity contribution in [2.75, 3.05) is 13.2 Å². The molecule has 8 heteroatoms. The van der Waals surface area contributed by atoms with Crippen LogP contribution < -0.4 is 10.6 Å². The summed E-state index contributed by atoms with van der Waals surface area (Å²) >= 11 is 0. The minimum Gasteiger partial charge on any atom is -0.333 e. The zero-order chi connectivity index (χ0) is 19.7. The van der Waals surface area contributed by atoms with Crippen LogP contribution >= 0.6 is 0 Å². The van der Waals surface area contributed by atoms with Crippen LogP contribution in [0.4, 0.5) is 8.78 Å². The summed E-state index contributed by atoms with van der Waals surface area (Å²) in [6.07, 6.45) is 1.45. The number of halogens is 2. The first-order valence-electron chi connectivity index (χ1n) is 8.07. The molecular formula is C18H25F2N3O3. The molecule has 0 saturated heterocycles. The highest BCUT2D eigenvalue weighted by atomic mass is 19.3. The number of hydrogen-bond donors (Lipinski definition) is 2. The van der Waals surface area contributed by atoms with Gasteiger partial charge >= 0.3 is 6.29 Å². The van der Waals surface area contributed by atoms with Gasteiger partial charge in [0.25, 0.3) is 0 Å². The molecule has 0 saturated carbocycles. The number of ether oxygens (including phenoxy) is 2. The topological polar surface area (TPSA) is 72.0 Å².